The number of hydrogen-bond acceptors (Lipinski definition) is 3. The lowest BCUT2D eigenvalue weighted by Crippen LogP contribution is -2.24. The Labute approximate surface area is 185 Å². The third-order valence-corrected chi connectivity index (χ3v) is 5.89. The lowest BCUT2D eigenvalue weighted by molar-refractivity contribution is -0.117. The molecule has 0 saturated carbocycles. The van der Waals surface area contributed by atoms with Gasteiger partial charge in [-0.05, 0) is 48.5 Å². The molecule has 0 unspecified atom stereocenters. The normalized spacial score (nSPS) is 16.2. The topological polar surface area (TPSA) is 47.4 Å². The van der Waals surface area contributed by atoms with Gasteiger partial charge in [-0.2, -0.15) is 0 Å². The van der Waals surface area contributed by atoms with Crippen LogP contribution >= 0.6 is 11.6 Å². The molecule has 1 saturated heterocycles. The fourth-order valence-corrected chi connectivity index (χ4v) is 4.29. The highest BCUT2D eigenvalue weighted by atomic mass is 35.5. The van der Waals surface area contributed by atoms with E-state index in [9.17, 15) is 4.79 Å². The second kappa shape index (κ2) is 8.44. The summed E-state index contributed by atoms with van der Waals surface area (Å²) in [5, 5.41) is 0.684. The van der Waals surface area contributed by atoms with Crippen LogP contribution in [0.2, 0.25) is 5.02 Å². The predicted octanol–water partition coefficient (Wildman–Crippen LogP) is 5.29. The second-order valence-electron chi connectivity index (χ2n) is 7.65. The molecule has 156 valence electrons. The third kappa shape index (κ3) is 4.01. The molecular formula is C25H22ClN3O2. The van der Waals surface area contributed by atoms with E-state index in [1.54, 1.807) is 0 Å². The number of amides is 1. The lowest BCUT2D eigenvalue weighted by Gasteiger charge is -2.17. The van der Waals surface area contributed by atoms with Gasteiger partial charge in [-0.25, -0.2) is 4.98 Å². The summed E-state index contributed by atoms with van der Waals surface area (Å²) >= 11 is 5.95. The van der Waals surface area contributed by atoms with Crippen molar-refractivity contribution in [1.82, 2.24) is 9.55 Å². The summed E-state index contributed by atoms with van der Waals surface area (Å²) in [6.45, 7) is 1.77. The number of imidazole rings is 1. The highest BCUT2D eigenvalue weighted by Crippen LogP contribution is 2.33. The average molecular weight is 432 g/mol. The van der Waals surface area contributed by atoms with Crippen molar-refractivity contribution in [3.8, 4) is 5.75 Å². The largest absolute Gasteiger partial charge is 0.492 e. The first kappa shape index (κ1) is 19.6. The Balaban J connectivity index is 1.40. The maximum absolute atomic E-state index is 12.8. The van der Waals surface area contributed by atoms with Crippen LogP contribution in [-0.2, 0) is 11.3 Å². The highest BCUT2D eigenvalue weighted by Gasteiger charge is 2.34. The Morgan fingerprint density at radius 2 is 1.71 bits per heavy atom. The number of para-hydroxylation sites is 3. The highest BCUT2D eigenvalue weighted by molar-refractivity contribution is 6.30. The van der Waals surface area contributed by atoms with Crippen LogP contribution in [0.3, 0.4) is 0 Å². The monoisotopic (exact) mass is 431 g/mol. The van der Waals surface area contributed by atoms with E-state index >= 15 is 0 Å². The van der Waals surface area contributed by atoms with Gasteiger partial charge in [-0.15, -0.1) is 0 Å². The van der Waals surface area contributed by atoms with Crippen LogP contribution in [0.15, 0.2) is 78.9 Å². The minimum Gasteiger partial charge on any atom is -0.492 e. The number of carbonyl (C=O) groups is 1. The molecular weight excluding hydrogens is 410 g/mol. The Morgan fingerprint density at radius 3 is 2.52 bits per heavy atom. The van der Waals surface area contributed by atoms with Crippen LogP contribution in [0.5, 0.6) is 5.75 Å². The summed E-state index contributed by atoms with van der Waals surface area (Å²) in [7, 11) is 0. The van der Waals surface area contributed by atoms with Crippen LogP contribution in [0, 0.1) is 0 Å². The number of benzene rings is 3. The van der Waals surface area contributed by atoms with Crippen molar-refractivity contribution in [1.29, 1.82) is 0 Å². The fourth-order valence-electron chi connectivity index (χ4n) is 4.16. The number of ether oxygens (including phenoxy) is 1. The van der Waals surface area contributed by atoms with Crippen LogP contribution in [0.4, 0.5) is 5.69 Å². The number of rotatable bonds is 6. The number of fused-ring (bicyclic) bond motifs is 1. The van der Waals surface area contributed by atoms with Crippen molar-refractivity contribution in [3.05, 3.63) is 89.7 Å². The maximum atomic E-state index is 12.8. The van der Waals surface area contributed by atoms with Crippen molar-refractivity contribution in [2.24, 2.45) is 0 Å². The molecule has 1 atom stereocenters. The first-order valence-corrected chi connectivity index (χ1v) is 10.8. The van der Waals surface area contributed by atoms with Gasteiger partial charge in [-0.3, -0.25) is 4.79 Å². The van der Waals surface area contributed by atoms with Crippen molar-refractivity contribution in [2.75, 3.05) is 18.1 Å². The molecule has 0 N–H and O–H groups in total. The zero-order chi connectivity index (χ0) is 21.2. The van der Waals surface area contributed by atoms with Gasteiger partial charge in [-0.1, -0.05) is 41.9 Å². The smallest absolute Gasteiger partial charge is 0.227 e. The van der Waals surface area contributed by atoms with E-state index in [4.69, 9.17) is 21.3 Å². The fraction of sp³-hybridized carbons (Fsp3) is 0.200. The zero-order valence-corrected chi connectivity index (χ0v) is 17.7. The van der Waals surface area contributed by atoms with Crippen molar-refractivity contribution >= 4 is 34.2 Å². The summed E-state index contributed by atoms with van der Waals surface area (Å²) in [4.78, 5) is 19.5. The predicted molar refractivity (Wildman–Crippen MR) is 123 cm³/mol. The molecule has 1 fully saturated rings. The van der Waals surface area contributed by atoms with Gasteiger partial charge in [0.25, 0.3) is 0 Å². The van der Waals surface area contributed by atoms with E-state index in [1.165, 1.54) is 0 Å². The average Bonchev–Trinajstić information content (AvgIpc) is 3.36. The number of hydrogen-bond donors (Lipinski definition) is 0. The summed E-state index contributed by atoms with van der Waals surface area (Å²) in [5.74, 6) is 1.89. The van der Waals surface area contributed by atoms with Crippen LogP contribution < -0.4 is 9.64 Å². The SMILES string of the molecule is O=C1C[C@@H](c2nc3ccccc3n2CCOc2ccc(Cl)cc2)CN1c1ccccc1. The quantitative estimate of drug-likeness (QED) is 0.416. The van der Waals surface area contributed by atoms with E-state index in [0.29, 0.717) is 31.1 Å². The maximum Gasteiger partial charge on any atom is 0.227 e. The first-order valence-electron chi connectivity index (χ1n) is 10.4. The van der Waals surface area contributed by atoms with E-state index in [1.807, 2.05) is 77.7 Å². The summed E-state index contributed by atoms with van der Waals surface area (Å²) in [5.41, 5.74) is 2.93. The number of aromatic nitrogens is 2. The molecule has 0 spiro atoms. The molecule has 2 heterocycles. The summed E-state index contributed by atoms with van der Waals surface area (Å²) < 4.78 is 8.12. The lowest BCUT2D eigenvalue weighted by atomic mass is 10.1. The molecule has 5 nitrogen and oxygen atoms in total. The first-order chi connectivity index (χ1) is 15.2. The van der Waals surface area contributed by atoms with Crippen molar-refractivity contribution in [3.63, 3.8) is 0 Å². The molecule has 0 bridgehead atoms. The molecule has 5 rings (SSSR count). The molecule has 6 heteroatoms. The number of carbonyl (C=O) groups excluding carboxylic acids is 1. The summed E-state index contributed by atoms with van der Waals surface area (Å²) in [6.07, 6.45) is 0.455. The molecule has 0 radical (unpaired) electrons. The molecule has 0 aliphatic carbocycles. The van der Waals surface area contributed by atoms with E-state index in [-0.39, 0.29) is 11.8 Å². The molecule has 4 aromatic rings. The minimum atomic E-state index is 0.0376. The van der Waals surface area contributed by atoms with Crippen LogP contribution in [-0.4, -0.2) is 28.6 Å². The van der Waals surface area contributed by atoms with Gasteiger partial charge in [0.1, 0.15) is 18.2 Å². The standard InChI is InChI=1S/C25H22ClN3O2/c26-19-10-12-21(13-11-19)31-15-14-28-23-9-5-4-8-22(23)27-25(28)18-16-24(30)29(17-18)20-6-2-1-3-7-20/h1-13,18H,14-17H2/t18-/m1/s1. The molecule has 1 aliphatic heterocycles. The van der Waals surface area contributed by atoms with Gasteiger partial charge in [0, 0.05) is 29.6 Å². The molecule has 3 aromatic carbocycles. The molecule has 1 amide bonds. The Hall–Kier alpha value is -3.31. The zero-order valence-electron chi connectivity index (χ0n) is 16.9. The van der Waals surface area contributed by atoms with Gasteiger partial charge in [0.05, 0.1) is 17.6 Å². The van der Waals surface area contributed by atoms with Gasteiger partial charge >= 0.3 is 0 Å². The Bertz CT molecular complexity index is 1200. The van der Waals surface area contributed by atoms with Crippen LogP contribution in [0.25, 0.3) is 11.0 Å². The summed E-state index contributed by atoms with van der Waals surface area (Å²) in [6, 6.07) is 25.3. The van der Waals surface area contributed by atoms with E-state index < -0.39 is 0 Å². The van der Waals surface area contributed by atoms with Crippen LogP contribution in [0.1, 0.15) is 18.2 Å². The van der Waals surface area contributed by atoms with Crippen molar-refractivity contribution < 1.29 is 9.53 Å². The third-order valence-electron chi connectivity index (χ3n) is 5.64. The molecule has 1 aromatic heterocycles. The Kier molecular flexibility index (Phi) is 5.35. The Morgan fingerprint density at radius 1 is 0.968 bits per heavy atom. The molecule has 31 heavy (non-hydrogen) atoms. The second-order valence-corrected chi connectivity index (χ2v) is 8.09. The van der Waals surface area contributed by atoms with Gasteiger partial charge in [0.15, 0.2) is 0 Å². The minimum absolute atomic E-state index is 0.0376. The van der Waals surface area contributed by atoms with E-state index in [2.05, 4.69) is 10.6 Å². The number of anilines is 1. The van der Waals surface area contributed by atoms with Gasteiger partial charge < -0.3 is 14.2 Å². The van der Waals surface area contributed by atoms with Gasteiger partial charge in [0.2, 0.25) is 5.91 Å². The number of halogens is 1. The van der Waals surface area contributed by atoms with Crippen molar-refractivity contribution in [2.45, 2.75) is 18.9 Å². The van der Waals surface area contributed by atoms with E-state index in [0.717, 1.165) is 28.3 Å². The molecule has 1 aliphatic rings. The number of nitrogens with zero attached hydrogens (tertiary/aromatic N) is 3.